The number of benzene rings is 1. The maximum absolute atomic E-state index is 10.6. The van der Waals surface area contributed by atoms with Crippen molar-refractivity contribution in [2.45, 2.75) is 4.90 Å². The predicted octanol–water partition coefficient (Wildman–Crippen LogP) is 1.65. The van der Waals surface area contributed by atoms with Gasteiger partial charge >= 0.3 is 0 Å². The maximum Gasteiger partial charge on any atom is 0.294 e. The van der Waals surface area contributed by atoms with Crippen molar-refractivity contribution in [1.82, 2.24) is 4.98 Å². The minimum atomic E-state index is -4.13. The average Bonchev–Trinajstić information content (AvgIpc) is 2.40. The number of nitrogens with two attached hydrogens (primary N) is 1. The van der Waals surface area contributed by atoms with Crippen LogP contribution >= 0.6 is 12.2 Å². The number of thiocarbonyl (C=S) groups is 1. The van der Waals surface area contributed by atoms with Crippen LogP contribution in [0.2, 0.25) is 0 Å². The zero-order valence-corrected chi connectivity index (χ0v) is 11.4. The lowest BCUT2D eigenvalue weighted by Gasteiger charge is -1.99. The molecule has 0 aliphatic carbocycles. The molecule has 5 nitrogen and oxygen atoms in total. The van der Waals surface area contributed by atoms with Gasteiger partial charge in [0.25, 0.3) is 10.1 Å². The second-order valence-electron chi connectivity index (χ2n) is 3.39. The van der Waals surface area contributed by atoms with E-state index in [1.807, 2.05) is 18.2 Å². The summed E-state index contributed by atoms with van der Waals surface area (Å²) < 4.78 is 29.8. The van der Waals surface area contributed by atoms with Crippen LogP contribution in [0.4, 0.5) is 0 Å². The van der Waals surface area contributed by atoms with Crippen LogP contribution in [-0.2, 0) is 10.1 Å². The van der Waals surface area contributed by atoms with Crippen molar-refractivity contribution >= 4 is 27.3 Å². The van der Waals surface area contributed by atoms with E-state index in [-0.39, 0.29) is 9.88 Å². The van der Waals surface area contributed by atoms with Crippen molar-refractivity contribution in [2.24, 2.45) is 5.73 Å². The van der Waals surface area contributed by atoms with Crippen LogP contribution in [0.3, 0.4) is 0 Å². The summed E-state index contributed by atoms with van der Waals surface area (Å²) in [4.78, 5) is 3.79. The van der Waals surface area contributed by atoms with E-state index < -0.39 is 10.1 Å². The Morgan fingerprint density at radius 2 is 1.63 bits per heavy atom. The number of rotatable bonds is 2. The van der Waals surface area contributed by atoms with Crippen molar-refractivity contribution in [3.63, 3.8) is 0 Å². The van der Waals surface area contributed by atoms with Gasteiger partial charge in [-0.1, -0.05) is 30.4 Å². The number of hydrogen-bond donors (Lipinski definition) is 2. The van der Waals surface area contributed by atoms with Crippen LogP contribution in [0, 0.1) is 0 Å². The molecule has 100 valence electrons. The molecule has 0 fully saturated rings. The molecule has 1 aromatic heterocycles. The normalized spacial score (nSPS) is 10.2. The molecular formula is C12H12N2O3S2. The minimum Gasteiger partial charge on any atom is -0.389 e. The molecule has 1 aromatic carbocycles. The van der Waals surface area contributed by atoms with Crippen molar-refractivity contribution in [1.29, 1.82) is 0 Å². The van der Waals surface area contributed by atoms with Gasteiger partial charge in [-0.3, -0.25) is 9.54 Å². The van der Waals surface area contributed by atoms with Gasteiger partial charge in [0, 0.05) is 18.0 Å². The first-order chi connectivity index (χ1) is 8.91. The molecule has 19 heavy (non-hydrogen) atoms. The molecular weight excluding hydrogens is 284 g/mol. The van der Waals surface area contributed by atoms with Crippen molar-refractivity contribution in [3.8, 4) is 0 Å². The molecule has 0 radical (unpaired) electrons. The molecule has 3 N–H and O–H groups in total. The summed E-state index contributed by atoms with van der Waals surface area (Å²) in [5, 5.41) is 0. The van der Waals surface area contributed by atoms with Gasteiger partial charge in [-0.2, -0.15) is 8.42 Å². The van der Waals surface area contributed by atoms with E-state index in [2.05, 4.69) is 17.2 Å². The Bertz CT molecular complexity index is 599. The van der Waals surface area contributed by atoms with Gasteiger partial charge in [-0.25, -0.2) is 0 Å². The van der Waals surface area contributed by atoms with Gasteiger partial charge < -0.3 is 5.73 Å². The van der Waals surface area contributed by atoms with Crippen LogP contribution in [-0.4, -0.2) is 22.9 Å². The molecule has 0 atom stereocenters. The zero-order chi connectivity index (χ0) is 14.3. The Balaban J connectivity index is 0.000000250. The highest BCUT2D eigenvalue weighted by Gasteiger charge is 2.08. The van der Waals surface area contributed by atoms with Crippen LogP contribution in [0.15, 0.2) is 59.8 Å². The summed E-state index contributed by atoms with van der Waals surface area (Å²) in [6.07, 6.45) is 3.50. The van der Waals surface area contributed by atoms with Crippen molar-refractivity contribution < 1.29 is 13.0 Å². The van der Waals surface area contributed by atoms with Gasteiger partial charge in [-0.05, 0) is 24.3 Å². The number of pyridine rings is 1. The topological polar surface area (TPSA) is 93.3 Å². The average molecular weight is 296 g/mol. The minimum absolute atomic E-state index is 0.174. The van der Waals surface area contributed by atoms with E-state index in [4.69, 9.17) is 10.3 Å². The number of nitrogens with zero attached hydrogens (tertiary/aromatic N) is 1. The first-order valence-electron chi connectivity index (χ1n) is 5.13. The Morgan fingerprint density at radius 3 is 1.89 bits per heavy atom. The van der Waals surface area contributed by atoms with E-state index in [1.165, 1.54) is 24.3 Å². The molecule has 0 saturated heterocycles. The molecule has 0 aliphatic rings. The fourth-order valence-corrected chi connectivity index (χ4v) is 1.72. The quantitative estimate of drug-likeness (QED) is 0.646. The van der Waals surface area contributed by atoms with Crippen molar-refractivity contribution in [2.75, 3.05) is 0 Å². The monoisotopic (exact) mass is 296 g/mol. The third-order valence-electron chi connectivity index (χ3n) is 2.00. The molecule has 0 aliphatic heterocycles. The van der Waals surface area contributed by atoms with Gasteiger partial charge in [0.2, 0.25) is 0 Å². The first-order valence-corrected chi connectivity index (χ1v) is 6.98. The molecule has 0 spiro atoms. The molecule has 0 unspecified atom stereocenters. The van der Waals surface area contributed by atoms with E-state index in [0.717, 1.165) is 0 Å². The van der Waals surface area contributed by atoms with Crippen molar-refractivity contribution in [3.05, 3.63) is 60.4 Å². The summed E-state index contributed by atoms with van der Waals surface area (Å²) in [7, 11) is -4.13. The highest BCUT2D eigenvalue weighted by Crippen LogP contribution is 2.09. The lowest BCUT2D eigenvalue weighted by Crippen LogP contribution is -2.09. The third-order valence-corrected chi connectivity index (χ3v) is 3.11. The summed E-state index contributed by atoms with van der Waals surface area (Å²) in [6.45, 7) is 0. The second-order valence-corrected chi connectivity index (χ2v) is 5.25. The van der Waals surface area contributed by atoms with E-state index in [1.54, 1.807) is 12.4 Å². The number of hydrogen-bond acceptors (Lipinski definition) is 4. The summed E-state index contributed by atoms with van der Waals surface area (Å²) in [6, 6.07) is 11.1. The first kappa shape index (κ1) is 15.2. The Labute approximate surface area is 116 Å². The molecule has 2 rings (SSSR count). The van der Waals surface area contributed by atoms with E-state index in [0.29, 0.717) is 5.56 Å². The number of aromatic nitrogens is 1. The summed E-state index contributed by atoms with van der Waals surface area (Å²) in [5.74, 6) is 0. The smallest absolute Gasteiger partial charge is 0.294 e. The van der Waals surface area contributed by atoms with E-state index in [9.17, 15) is 8.42 Å². The van der Waals surface area contributed by atoms with Gasteiger partial charge in [0.1, 0.15) is 4.99 Å². The van der Waals surface area contributed by atoms with Gasteiger partial charge in [-0.15, -0.1) is 0 Å². The van der Waals surface area contributed by atoms with Crippen LogP contribution in [0.5, 0.6) is 0 Å². The molecule has 0 amide bonds. The largest absolute Gasteiger partial charge is 0.389 e. The molecule has 1 heterocycles. The lowest BCUT2D eigenvalue weighted by molar-refractivity contribution is 0.483. The van der Waals surface area contributed by atoms with Crippen LogP contribution in [0.25, 0.3) is 0 Å². The van der Waals surface area contributed by atoms with Gasteiger partial charge in [0.15, 0.2) is 0 Å². The summed E-state index contributed by atoms with van der Waals surface area (Å²) >= 11 is 4.66. The standard InChI is InChI=1S/C7H7NO3S2.C5H5N/c8-7(12)5-1-3-6(4-2-5)13(9,10)11;1-2-4-6-5-3-1/h1-4H,(H2,8,12)(H,9,10,11);1-5H. The second kappa shape index (κ2) is 6.93. The summed E-state index contributed by atoms with van der Waals surface area (Å²) in [5.41, 5.74) is 5.85. The Kier molecular flexibility index (Phi) is 5.56. The molecule has 0 bridgehead atoms. The molecule has 2 aromatic rings. The highest BCUT2D eigenvalue weighted by molar-refractivity contribution is 7.85. The van der Waals surface area contributed by atoms with Gasteiger partial charge in [0.05, 0.1) is 4.90 Å². The van der Waals surface area contributed by atoms with Crippen LogP contribution < -0.4 is 5.73 Å². The van der Waals surface area contributed by atoms with E-state index >= 15 is 0 Å². The SMILES string of the molecule is NC(=S)c1ccc(S(=O)(=O)O)cc1.c1ccncc1. The predicted molar refractivity (Wildman–Crippen MR) is 76.4 cm³/mol. The Morgan fingerprint density at radius 1 is 1.11 bits per heavy atom. The molecule has 7 heteroatoms. The Hall–Kier alpha value is -1.83. The third kappa shape index (κ3) is 5.56. The fourth-order valence-electron chi connectivity index (χ4n) is 1.10. The lowest BCUT2D eigenvalue weighted by atomic mass is 10.2. The van der Waals surface area contributed by atoms with Crippen LogP contribution in [0.1, 0.15) is 5.56 Å². The molecule has 0 saturated carbocycles. The highest BCUT2D eigenvalue weighted by atomic mass is 32.2. The zero-order valence-electron chi connectivity index (χ0n) is 9.80. The fraction of sp³-hybridized carbons (Fsp3) is 0. The maximum atomic E-state index is 10.6.